The maximum Gasteiger partial charge on any atom is 0.341 e. The normalized spacial score (nSPS) is 14.7. The highest BCUT2D eigenvalue weighted by Crippen LogP contribution is 2.38. The van der Waals surface area contributed by atoms with Crippen LogP contribution in [0.3, 0.4) is 0 Å². The molecule has 23 heavy (non-hydrogen) atoms. The number of nitrogens with zero attached hydrogens (tertiary/aromatic N) is 1. The molecule has 120 valence electrons. The lowest BCUT2D eigenvalue weighted by Gasteiger charge is -2.14. The summed E-state index contributed by atoms with van der Waals surface area (Å²) in [5.74, 6) is -3.23. The molecule has 1 aliphatic carbocycles. The molecule has 3 rings (SSSR count). The van der Waals surface area contributed by atoms with Crippen molar-refractivity contribution in [3.63, 3.8) is 0 Å². The molecule has 1 aromatic carbocycles. The van der Waals surface area contributed by atoms with Crippen LogP contribution in [0.1, 0.15) is 34.8 Å². The van der Waals surface area contributed by atoms with Gasteiger partial charge in [0.25, 0.3) is 0 Å². The standard InChI is InChI=1S/C16H14F2N2O3/c17-12-6-10-14(13(18)9(12)2-1-5-19)20(8-3-4-8)7-11(15(10)21)16(22)23/h1-2,6-8H,3-5,19H2,(H,22,23)/b2-1+. The lowest BCUT2D eigenvalue weighted by atomic mass is 10.1. The number of carbonyl (C=O) groups is 1. The fourth-order valence-corrected chi connectivity index (χ4v) is 2.59. The van der Waals surface area contributed by atoms with Crippen molar-refractivity contribution in [3.05, 3.63) is 51.3 Å². The van der Waals surface area contributed by atoms with E-state index in [9.17, 15) is 18.4 Å². The SMILES string of the molecule is NC/C=C/c1c(F)cc2c(=O)c(C(=O)O)cn(C3CC3)c2c1F. The van der Waals surface area contributed by atoms with Crippen molar-refractivity contribution in [2.24, 2.45) is 5.73 Å². The van der Waals surface area contributed by atoms with E-state index < -0.39 is 28.6 Å². The lowest BCUT2D eigenvalue weighted by molar-refractivity contribution is 0.0695. The van der Waals surface area contributed by atoms with E-state index >= 15 is 0 Å². The van der Waals surface area contributed by atoms with Crippen LogP contribution < -0.4 is 11.2 Å². The maximum atomic E-state index is 14.8. The number of fused-ring (bicyclic) bond motifs is 1. The first kappa shape index (κ1) is 15.4. The number of benzene rings is 1. The van der Waals surface area contributed by atoms with Crippen LogP contribution in [0.15, 0.2) is 23.1 Å². The molecule has 1 aromatic heterocycles. The Labute approximate surface area is 129 Å². The zero-order chi connectivity index (χ0) is 16.7. The molecular weight excluding hydrogens is 306 g/mol. The van der Waals surface area contributed by atoms with Gasteiger partial charge in [-0.05, 0) is 18.9 Å². The van der Waals surface area contributed by atoms with Crippen LogP contribution in [0.2, 0.25) is 0 Å². The molecule has 5 nitrogen and oxygen atoms in total. The molecule has 0 bridgehead atoms. The lowest BCUT2D eigenvalue weighted by Crippen LogP contribution is -2.20. The number of aromatic nitrogens is 1. The third-order valence-electron chi connectivity index (χ3n) is 3.83. The largest absolute Gasteiger partial charge is 0.477 e. The predicted octanol–water partition coefficient (Wildman–Crippen LogP) is 2.28. The summed E-state index contributed by atoms with van der Waals surface area (Å²) in [6.07, 6.45) is 5.27. The third kappa shape index (κ3) is 2.53. The number of aromatic carboxylic acids is 1. The Bertz CT molecular complexity index is 899. The molecule has 2 aromatic rings. The van der Waals surface area contributed by atoms with Gasteiger partial charge >= 0.3 is 5.97 Å². The van der Waals surface area contributed by atoms with E-state index in [2.05, 4.69) is 0 Å². The van der Waals surface area contributed by atoms with Gasteiger partial charge < -0.3 is 15.4 Å². The number of carboxylic acid groups (broad SMARTS) is 1. The van der Waals surface area contributed by atoms with Crippen molar-refractivity contribution in [2.45, 2.75) is 18.9 Å². The number of carboxylic acids is 1. The molecule has 1 saturated carbocycles. The van der Waals surface area contributed by atoms with Crippen LogP contribution >= 0.6 is 0 Å². The quantitative estimate of drug-likeness (QED) is 0.905. The number of halogens is 2. The predicted molar refractivity (Wildman–Crippen MR) is 81.4 cm³/mol. The number of pyridine rings is 1. The van der Waals surface area contributed by atoms with E-state index in [1.54, 1.807) is 0 Å². The summed E-state index contributed by atoms with van der Waals surface area (Å²) in [6, 6.07) is 0.810. The summed E-state index contributed by atoms with van der Waals surface area (Å²) in [6.45, 7) is 0.115. The smallest absolute Gasteiger partial charge is 0.341 e. The van der Waals surface area contributed by atoms with Gasteiger partial charge in [-0.25, -0.2) is 13.6 Å². The first-order chi connectivity index (χ1) is 11.0. The molecular formula is C16H14F2N2O3. The van der Waals surface area contributed by atoms with Crippen molar-refractivity contribution < 1.29 is 18.7 Å². The topological polar surface area (TPSA) is 85.3 Å². The molecule has 1 aliphatic rings. The van der Waals surface area contributed by atoms with Crippen LogP contribution in [0.25, 0.3) is 17.0 Å². The van der Waals surface area contributed by atoms with E-state index in [0.717, 1.165) is 25.1 Å². The van der Waals surface area contributed by atoms with Gasteiger partial charge in [-0.2, -0.15) is 0 Å². The second-order valence-electron chi connectivity index (χ2n) is 5.44. The van der Waals surface area contributed by atoms with Gasteiger partial charge in [0.05, 0.1) is 10.9 Å². The van der Waals surface area contributed by atoms with Gasteiger partial charge in [-0.15, -0.1) is 0 Å². The number of hydrogen-bond acceptors (Lipinski definition) is 3. The second-order valence-corrected chi connectivity index (χ2v) is 5.44. The van der Waals surface area contributed by atoms with Gasteiger partial charge in [-0.3, -0.25) is 4.79 Å². The molecule has 0 amide bonds. The molecule has 0 aliphatic heterocycles. The average Bonchev–Trinajstić information content (AvgIpc) is 3.32. The third-order valence-corrected chi connectivity index (χ3v) is 3.83. The summed E-state index contributed by atoms with van der Waals surface area (Å²) in [4.78, 5) is 23.4. The summed E-state index contributed by atoms with van der Waals surface area (Å²) < 4.78 is 30.3. The summed E-state index contributed by atoms with van der Waals surface area (Å²) >= 11 is 0. The maximum absolute atomic E-state index is 14.8. The van der Waals surface area contributed by atoms with E-state index in [0.29, 0.717) is 0 Å². The van der Waals surface area contributed by atoms with Crippen LogP contribution in [0.4, 0.5) is 8.78 Å². The van der Waals surface area contributed by atoms with Gasteiger partial charge in [0.1, 0.15) is 11.4 Å². The van der Waals surface area contributed by atoms with Gasteiger partial charge in [0.2, 0.25) is 5.43 Å². The molecule has 0 radical (unpaired) electrons. The van der Waals surface area contributed by atoms with Crippen molar-refractivity contribution in [1.29, 1.82) is 0 Å². The average molecular weight is 320 g/mol. The molecule has 0 unspecified atom stereocenters. The zero-order valence-corrected chi connectivity index (χ0v) is 12.1. The van der Waals surface area contributed by atoms with Crippen molar-refractivity contribution >= 4 is 22.9 Å². The van der Waals surface area contributed by atoms with Gasteiger partial charge in [0, 0.05) is 24.3 Å². The van der Waals surface area contributed by atoms with Gasteiger partial charge in [-0.1, -0.05) is 12.2 Å². The monoisotopic (exact) mass is 320 g/mol. The van der Waals surface area contributed by atoms with Crippen LogP contribution in [-0.2, 0) is 0 Å². The Morgan fingerprint density at radius 1 is 1.43 bits per heavy atom. The summed E-state index contributed by atoms with van der Waals surface area (Å²) in [5.41, 5.74) is 3.56. The van der Waals surface area contributed by atoms with E-state index in [1.165, 1.54) is 16.7 Å². The minimum absolute atomic E-state index is 0.0689. The molecule has 0 spiro atoms. The molecule has 1 heterocycles. The highest BCUT2D eigenvalue weighted by molar-refractivity contribution is 5.93. The molecule has 0 saturated heterocycles. The van der Waals surface area contributed by atoms with E-state index in [4.69, 9.17) is 10.8 Å². The number of hydrogen-bond donors (Lipinski definition) is 2. The van der Waals surface area contributed by atoms with Gasteiger partial charge in [0.15, 0.2) is 5.82 Å². The van der Waals surface area contributed by atoms with Crippen LogP contribution in [0, 0.1) is 11.6 Å². The first-order valence-electron chi connectivity index (χ1n) is 7.12. The fourth-order valence-electron chi connectivity index (χ4n) is 2.59. The Hall–Kier alpha value is -2.54. The first-order valence-corrected chi connectivity index (χ1v) is 7.12. The Kier molecular flexibility index (Phi) is 3.73. The van der Waals surface area contributed by atoms with Crippen molar-refractivity contribution in [2.75, 3.05) is 6.54 Å². The Balaban J connectivity index is 2.43. The number of nitrogens with two attached hydrogens (primary N) is 1. The second kappa shape index (κ2) is 5.58. The highest BCUT2D eigenvalue weighted by atomic mass is 19.1. The zero-order valence-electron chi connectivity index (χ0n) is 12.1. The fraction of sp³-hybridized carbons (Fsp3) is 0.250. The Morgan fingerprint density at radius 3 is 2.70 bits per heavy atom. The minimum Gasteiger partial charge on any atom is -0.477 e. The van der Waals surface area contributed by atoms with E-state index in [-0.39, 0.29) is 29.1 Å². The summed E-state index contributed by atoms with van der Waals surface area (Å²) in [5, 5.41) is 8.87. The highest BCUT2D eigenvalue weighted by Gasteiger charge is 2.29. The van der Waals surface area contributed by atoms with E-state index in [1.807, 2.05) is 0 Å². The minimum atomic E-state index is -1.42. The molecule has 3 N–H and O–H groups in total. The summed E-state index contributed by atoms with van der Waals surface area (Å²) in [7, 11) is 0. The Morgan fingerprint density at radius 2 is 2.13 bits per heavy atom. The number of rotatable bonds is 4. The molecule has 1 fully saturated rings. The molecule has 0 atom stereocenters. The molecule has 7 heteroatoms. The van der Waals surface area contributed by atoms with Crippen LogP contribution in [-0.4, -0.2) is 22.2 Å². The van der Waals surface area contributed by atoms with Crippen LogP contribution in [0.5, 0.6) is 0 Å². The van der Waals surface area contributed by atoms with Crippen molar-refractivity contribution in [3.8, 4) is 0 Å². The van der Waals surface area contributed by atoms with Crippen molar-refractivity contribution in [1.82, 2.24) is 4.57 Å².